The van der Waals surface area contributed by atoms with Crippen molar-refractivity contribution in [3.8, 4) is 0 Å². The van der Waals surface area contributed by atoms with E-state index < -0.39 is 35.0 Å². The van der Waals surface area contributed by atoms with Crippen LogP contribution < -0.4 is 10.6 Å². The summed E-state index contributed by atoms with van der Waals surface area (Å²) in [6.07, 6.45) is 0. The van der Waals surface area contributed by atoms with Gasteiger partial charge in [-0.25, -0.2) is 22.4 Å². The van der Waals surface area contributed by atoms with Gasteiger partial charge in [-0.05, 0) is 30.3 Å². The Morgan fingerprint density at radius 3 is 2.35 bits per heavy atom. The lowest BCUT2D eigenvalue weighted by Gasteiger charge is -2.09. The number of amides is 2. The molecule has 0 aromatic heterocycles. The maximum absolute atomic E-state index is 13.3. The Balaban J connectivity index is 2.11. The molecule has 2 aromatic rings. The first-order valence-corrected chi connectivity index (χ1v) is 5.44. The molecule has 0 aliphatic heterocycles. The standard InChI is InChI=1S/C13H8F4N2O/c14-7-2-1-3-8(6-7)18-13(20)19-10-5-4-9(15)11(16)12(10)17/h1-6H,(H2,18,19,20). The Hall–Kier alpha value is -2.57. The zero-order valence-electron chi connectivity index (χ0n) is 9.88. The van der Waals surface area contributed by atoms with Crippen molar-refractivity contribution in [2.24, 2.45) is 0 Å². The largest absolute Gasteiger partial charge is 0.323 e. The molecule has 104 valence electrons. The third kappa shape index (κ3) is 3.05. The van der Waals surface area contributed by atoms with Crippen LogP contribution in [-0.4, -0.2) is 6.03 Å². The van der Waals surface area contributed by atoms with Crippen LogP contribution in [0.25, 0.3) is 0 Å². The fourth-order valence-corrected chi connectivity index (χ4v) is 1.47. The number of benzene rings is 2. The van der Waals surface area contributed by atoms with E-state index in [9.17, 15) is 22.4 Å². The first-order chi connectivity index (χ1) is 9.47. The first kappa shape index (κ1) is 13.9. The molecule has 0 aliphatic rings. The quantitative estimate of drug-likeness (QED) is 0.637. The number of carbonyl (C=O) groups excluding carboxylic acids is 1. The third-order valence-corrected chi connectivity index (χ3v) is 2.37. The molecule has 0 unspecified atom stereocenters. The zero-order chi connectivity index (χ0) is 14.7. The normalized spacial score (nSPS) is 10.2. The summed E-state index contributed by atoms with van der Waals surface area (Å²) >= 11 is 0. The Morgan fingerprint density at radius 2 is 1.65 bits per heavy atom. The van der Waals surface area contributed by atoms with Crippen LogP contribution in [-0.2, 0) is 0 Å². The molecule has 0 saturated carbocycles. The Morgan fingerprint density at radius 1 is 0.900 bits per heavy atom. The van der Waals surface area contributed by atoms with E-state index >= 15 is 0 Å². The van der Waals surface area contributed by atoms with E-state index in [1.54, 1.807) is 0 Å². The number of anilines is 2. The van der Waals surface area contributed by atoms with E-state index in [1.165, 1.54) is 18.2 Å². The van der Waals surface area contributed by atoms with Crippen LogP contribution in [0.1, 0.15) is 0 Å². The average Bonchev–Trinajstić information content (AvgIpc) is 2.39. The van der Waals surface area contributed by atoms with E-state index in [0.717, 1.165) is 12.1 Å². The lowest BCUT2D eigenvalue weighted by Crippen LogP contribution is -2.20. The van der Waals surface area contributed by atoms with Crippen molar-refractivity contribution in [2.45, 2.75) is 0 Å². The lowest BCUT2D eigenvalue weighted by atomic mass is 10.3. The molecular weight excluding hydrogens is 276 g/mol. The number of carbonyl (C=O) groups is 1. The van der Waals surface area contributed by atoms with Crippen LogP contribution in [0, 0.1) is 23.3 Å². The van der Waals surface area contributed by atoms with E-state index in [4.69, 9.17) is 0 Å². The van der Waals surface area contributed by atoms with Crippen LogP contribution in [0.4, 0.5) is 33.7 Å². The molecule has 2 N–H and O–H groups in total. The van der Waals surface area contributed by atoms with Crippen molar-refractivity contribution < 1.29 is 22.4 Å². The smallest absolute Gasteiger partial charge is 0.308 e. The minimum Gasteiger partial charge on any atom is -0.308 e. The Bertz CT molecular complexity index is 661. The topological polar surface area (TPSA) is 41.1 Å². The summed E-state index contributed by atoms with van der Waals surface area (Å²) in [7, 11) is 0. The number of rotatable bonds is 2. The van der Waals surface area contributed by atoms with Crippen LogP contribution in [0.15, 0.2) is 36.4 Å². The van der Waals surface area contributed by atoms with Gasteiger partial charge in [0.15, 0.2) is 17.5 Å². The van der Waals surface area contributed by atoms with E-state index in [2.05, 4.69) is 5.32 Å². The summed E-state index contributed by atoms with van der Waals surface area (Å²) in [5.74, 6) is -5.13. The lowest BCUT2D eigenvalue weighted by molar-refractivity contribution is 0.262. The SMILES string of the molecule is O=C(Nc1cccc(F)c1)Nc1ccc(F)c(F)c1F. The van der Waals surface area contributed by atoms with Crippen LogP contribution in [0.3, 0.4) is 0 Å². The highest BCUT2D eigenvalue weighted by atomic mass is 19.2. The molecule has 2 rings (SSSR count). The van der Waals surface area contributed by atoms with Gasteiger partial charge < -0.3 is 10.6 Å². The number of nitrogens with one attached hydrogen (secondary N) is 2. The minimum atomic E-state index is -1.69. The zero-order valence-corrected chi connectivity index (χ0v) is 9.88. The molecule has 0 radical (unpaired) electrons. The molecular formula is C13H8F4N2O. The van der Waals surface area contributed by atoms with Gasteiger partial charge in [-0.3, -0.25) is 0 Å². The molecule has 0 saturated heterocycles. The molecule has 3 nitrogen and oxygen atoms in total. The van der Waals surface area contributed by atoms with Gasteiger partial charge in [0.05, 0.1) is 5.69 Å². The predicted octanol–water partition coefficient (Wildman–Crippen LogP) is 3.89. The fourth-order valence-electron chi connectivity index (χ4n) is 1.47. The summed E-state index contributed by atoms with van der Waals surface area (Å²) in [5, 5.41) is 4.21. The maximum atomic E-state index is 13.3. The molecule has 20 heavy (non-hydrogen) atoms. The first-order valence-electron chi connectivity index (χ1n) is 5.44. The second kappa shape index (κ2) is 5.60. The fraction of sp³-hybridized carbons (Fsp3) is 0. The van der Waals surface area contributed by atoms with Gasteiger partial charge >= 0.3 is 6.03 Å². The Labute approximate surface area is 111 Å². The number of hydrogen-bond donors (Lipinski definition) is 2. The summed E-state index contributed by atoms with van der Waals surface area (Å²) in [5.41, 5.74) is -0.400. The van der Waals surface area contributed by atoms with E-state index in [-0.39, 0.29) is 5.69 Å². The van der Waals surface area contributed by atoms with Gasteiger partial charge in [-0.1, -0.05) is 6.07 Å². The number of halogens is 4. The third-order valence-electron chi connectivity index (χ3n) is 2.37. The highest BCUT2D eigenvalue weighted by Gasteiger charge is 2.15. The van der Waals surface area contributed by atoms with Crippen molar-refractivity contribution in [2.75, 3.05) is 10.6 Å². The van der Waals surface area contributed by atoms with Crippen LogP contribution >= 0.6 is 0 Å². The van der Waals surface area contributed by atoms with Crippen molar-refractivity contribution in [1.82, 2.24) is 0 Å². The van der Waals surface area contributed by atoms with Gasteiger partial charge in [0.1, 0.15) is 5.82 Å². The Kier molecular flexibility index (Phi) is 3.88. The molecule has 0 atom stereocenters. The minimum absolute atomic E-state index is 0.130. The van der Waals surface area contributed by atoms with Crippen LogP contribution in [0.2, 0.25) is 0 Å². The summed E-state index contributed by atoms with van der Waals surface area (Å²) in [6, 6.07) is 5.63. The molecule has 0 heterocycles. The van der Waals surface area contributed by atoms with E-state index in [1.807, 2.05) is 5.32 Å². The molecule has 0 bridgehead atoms. The summed E-state index contributed by atoms with van der Waals surface area (Å²) in [4.78, 5) is 11.5. The second-order valence-corrected chi connectivity index (χ2v) is 3.81. The highest BCUT2D eigenvalue weighted by Crippen LogP contribution is 2.20. The predicted molar refractivity (Wildman–Crippen MR) is 65.4 cm³/mol. The van der Waals surface area contributed by atoms with Crippen molar-refractivity contribution in [1.29, 1.82) is 0 Å². The molecule has 2 aromatic carbocycles. The average molecular weight is 284 g/mol. The second-order valence-electron chi connectivity index (χ2n) is 3.81. The molecule has 0 spiro atoms. The van der Waals surface area contributed by atoms with Gasteiger partial charge in [0.2, 0.25) is 0 Å². The molecule has 7 heteroatoms. The van der Waals surface area contributed by atoms with Gasteiger partial charge in [-0.15, -0.1) is 0 Å². The van der Waals surface area contributed by atoms with Crippen molar-refractivity contribution >= 4 is 17.4 Å². The molecule has 2 amide bonds. The highest BCUT2D eigenvalue weighted by molar-refractivity contribution is 5.99. The number of hydrogen-bond acceptors (Lipinski definition) is 1. The van der Waals surface area contributed by atoms with Gasteiger partial charge in [-0.2, -0.15) is 0 Å². The van der Waals surface area contributed by atoms with Crippen molar-refractivity contribution in [3.63, 3.8) is 0 Å². The summed E-state index contributed by atoms with van der Waals surface area (Å²) < 4.78 is 51.8. The molecule has 0 fully saturated rings. The van der Waals surface area contributed by atoms with E-state index in [0.29, 0.717) is 6.07 Å². The van der Waals surface area contributed by atoms with Crippen LogP contribution in [0.5, 0.6) is 0 Å². The molecule has 0 aliphatic carbocycles. The van der Waals surface area contributed by atoms with Crippen molar-refractivity contribution in [3.05, 3.63) is 59.7 Å². The van der Waals surface area contributed by atoms with Gasteiger partial charge in [0.25, 0.3) is 0 Å². The summed E-state index contributed by atoms with van der Waals surface area (Å²) in [6.45, 7) is 0. The monoisotopic (exact) mass is 284 g/mol. The van der Waals surface area contributed by atoms with Gasteiger partial charge in [0, 0.05) is 5.69 Å². The number of urea groups is 1. The maximum Gasteiger partial charge on any atom is 0.323 e.